The predicted molar refractivity (Wildman–Crippen MR) is 65.6 cm³/mol. The Morgan fingerprint density at radius 1 is 1.13 bits per heavy atom. The van der Waals surface area contributed by atoms with E-state index >= 15 is 0 Å². The fourth-order valence-electron chi connectivity index (χ4n) is 1.57. The molecule has 1 heteroatoms. The lowest BCUT2D eigenvalue weighted by Gasteiger charge is -2.01. The molecular formula is C14H20O. The van der Waals surface area contributed by atoms with Crippen molar-refractivity contribution in [2.24, 2.45) is 0 Å². The molecule has 15 heavy (non-hydrogen) atoms. The molecule has 0 saturated carbocycles. The maximum Gasteiger partial charge on any atom is 0.0431 e. The molecule has 82 valence electrons. The Morgan fingerprint density at radius 3 is 2.53 bits per heavy atom. The van der Waals surface area contributed by atoms with Crippen LogP contribution in [0.2, 0.25) is 0 Å². The van der Waals surface area contributed by atoms with Crippen molar-refractivity contribution in [1.82, 2.24) is 0 Å². The van der Waals surface area contributed by atoms with E-state index in [4.69, 9.17) is 5.11 Å². The van der Waals surface area contributed by atoms with Crippen LogP contribution in [0.25, 0.3) is 5.57 Å². The molecule has 1 nitrogen and oxygen atoms in total. The van der Waals surface area contributed by atoms with Crippen LogP contribution in [0.3, 0.4) is 0 Å². The van der Waals surface area contributed by atoms with Crippen LogP contribution >= 0.6 is 0 Å². The summed E-state index contributed by atoms with van der Waals surface area (Å²) in [7, 11) is 0. The smallest absolute Gasteiger partial charge is 0.0431 e. The van der Waals surface area contributed by atoms with Gasteiger partial charge in [-0.15, -0.1) is 0 Å². The molecule has 0 aliphatic rings. The molecule has 0 aliphatic heterocycles. The molecular weight excluding hydrogens is 184 g/mol. The molecule has 0 heterocycles. The monoisotopic (exact) mass is 204 g/mol. The minimum absolute atomic E-state index is 0.321. The summed E-state index contributed by atoms with van der Waals surface area (Å²) in [4.78, 5) is 0. The number of aliphatic hydroxyl groups excluding tert-OH is 1. The van der Waals surface area contributed by atoms with Crippen molar-refractivity contribution in [3.63, 3.8) is 0 Å². The van der Waals surface area contributed by atoms with Gasteiger partial charge >= 0.3 is 0 Å². The number of unbranched alkanes of at least 4 members (excludes halogenated alkanes) is 3. The first kappa shape index (κ1) is 12.0. The van der Waals surface area contributed by atoms with Crippen molar-refractivity contribution in [2.75, 3.05) is 6.61 Å². The third kappa shape index (κ3) is 4.80. The van der Waals surface area contributed by atoms with Gasteiger partial charge in [0, 0.05) is 6.61 Å². The average Bonchev–Trinajstić information content (AvgIpc) is 2.30. The summed E-state index contributed by atoms with van der Waals surface area (Å²) < 4.78 is 0. The summed E-state index contributed by atoms with van der Waals surface area (Å²) in [5.74, 6) is 0. The SMILES string of the molecule is CC(=CCCCCCO)c1ccccc1. The van der Waals surface area contributed by atoms with Crippen molar-refractivity contribution < 1.29 is 5.11 Å². The van der Waals surface area contributed by atoms with Crippen LogP contribution in [0.4, 0.5) is 0 Å². The molecule has 1 rings (SSSR count). The Hall–Kier alpha value is -1.08. The zero-order chi connectivity index (χ0) is 10.9. The second kappa shape index (κ2) is 7.24. The van der Waals surface area contributed by atoms with Gasteiger partial charge in [0.25, 0.3) is 0 Å². The topological polar surface area (TPSA) is 20.2 Å². The van der Waals surface area contributed by atoms with Gasteiger partial charge < -0.3 is 5.11 Å². The average molecular weight is 204 g/mol. The van der Waals surface area contributed by atoms with E-state index in [1.54, 1.807) is 0 Å². The highest BCUT2D eigenvalue weighted by Gasteiger charge is 1.93. The number of aliphatic hydroxyl groups is 1. The molecule has 0 aromatic heterocycles. The van der Waals surface area contributed by atoms with Gasteiger partial charge in [-0.05, 0) is 37.3 Å². The summed E-state index contributed by atoms with van der Waals surface area (Å²) in [6, 6.07) is 10.5. The first-order chi connectivity index (χ1) is 7.34. The third-order valence-corrected chi connectivity index (χ3v) is 2.54. The predicted octanol–water partition coefficient (Wildman–Crippen LogP) is 3.64. The molecule has 0 amide bonds. The van der Waals surface area contributed by atoms with Crippen molar-refractivity contribution in [3.8, 4) is 0 Å². The van der Waals surface area contributed by atoms with Crippen molar-refractivity contribution in [2.45, 2.75) is 32.6 Å². The number of hydrogen-bond acceptors (Lipinski definition) is 1. The standard InChI is InChI=1S/C14H20O/c1-13(9-5-2-3-8-12-15)14-10-6-4-7-11-14/h4,6-7,9-11,15H,2-3,5,8,12H2,1H3. The lowest BCUT2D eigenvalue weighted by Crippen LogP contribution is -1.83. The lowest BCUT2D eigenvalue weighted by atomic mass is 10.1. The Labute approximate surface area is 92.5 Å². The maximum absolute atomic E-state index is 8.64. The van der Waals surface area contributed by atoms with Crippen molar-refractivity contribution in [3.05, 3.63) is 42.0 Å². The van der Waals surface area contributed by atoms with E-state index in [-0.39, 0.29) is 0 Å². The van der Waals surface area contributed by atoms with Gasteiger partial charge in [-0.2, -0.15) is 0 Å². The van der Waals surface area contributed by atoms with E-state index in [9.17, 15) is 0 Å². The third-order valence-electron chi connectivity index (χ3n) is 2.54. The van der Waals surface area contributed by atoms with Crippen LogP contribution in [0.1, 0.15) is 38.2 Å². The molecule has 1 aromatic carbocycles. The molecule has 0 bridgehead atoms. The zero-order valence-electron chi connectivity index (χ0n) is 9.45. The van der Waals surface area contributed by atoms with Gasteiger partial charge in [-0.25, -0.2) is 0 Å². The molecule has 0 radical (unpaired) electrons. The van der Waals surface area contributed by atoms with Gasteiger partial charge in [0.15, 0.2) is 0 Å². The number of allylic oxidation sites excluding steroid dienone is 2. The molecule has 0 spiro atoms. The van der Waals surface area contributed by atoms with Crippen LogP contribution in [-0.4, -0.2) is 11.7 Å². The fourth-order valence-corrected chi connectivity index (χ4v) is 1.57. The second-order valence-corrected chi connectivity index (χ2v) is 3.83. The van der Waals surface area contributed by atoms with Crippen LogP contribution < -0.4 is 0 Å². The van der Waals surface area contributed by atoms with E-state index in [2.05, 4.69) is 37.3 Å². The number of benzene rings is 1. The maximum atomic E-state index is 8.64. The van der Waals surface area contributed by atoms with E-state index in [1.165, 1.54) is 17.6 Å². The van der Waals surface area contributed by atoms with Crippen LogP contribution in [0.15, 0.2) is 36.4 Å². The minimum Gasteiger partial charge on any atom is -0.396 e. The molecule has 1 aromatic rings. The molecule has 0 saturated heterocycles. The summed E-state index contributed by atoms with van der Waals surface area (Å²) in [6.07, 6.45) is 6.62. The summed E-state index contributed by atoms with van der Waals surface area (Å²) in [5.41, 5.74) is 2.65. The quantitative estimate of drug-likeness (QED) is 0.701. The summed E-state index contributed by atoms with van der Waals surface area (Å²) in [6.45, 7) is 2.47. The Bertz CT molecular complexity index is 287. The Kier molecular flexibility index (Phi) is 5.79. The number of hydrogen-bond donors (Lipinski definition) is 1. The van der Waals surface area contributed by atoms with Crippen molar-refractivity contribution in [1.29, 1.82) is 0 Å². The van der Waals surface area contributed by atoms with Crippen LogP contribution in [0.5, 0.6) is 0 Å². The molecule has 0 unspecified atom stereocenters. The first-order valence-electron chi connectivity index (χ1n) is 5.67. The van der Waals surface area contributed by atoms with E-state index in [0.29, 0.717) is 6.61 Å². The fraction of sp³-hybridized carbons (Fsp3) is 0.429. The summed E-state index contributed by atoms with van der Waals surface area (Å²) >= 11 is 0. The molecule has 0 fully saturated rings. The van der Waals surface area contributed by atoms with Gasteiger partial charge in [0.05, 0.1) is 0 Å². The zero-order valence-corrected chi connectivity index (χ0v) is 9.45. The van der Waals surface area contributed by atoms with E-state index < -0.39 is 0 Å². The van der Waals surface area contributed by atoms with Gasteiger partial charge in [0.1, 0.15) is 0 Å². The highest BCUT2D eigenvalue weighted by Crippen LogP contribution is 2.14. The first-order valence-corrected chi connectivity index (χ1v) is 5.67. The summed E-state index contributed by atoms with van der Waals surface area (Å²) in [5, 5.41) is 8.64. The van der Waals surface area contributed by atoms with Crippen LogP contribution in [-0.2, 0) is 0 Å². The highest BCUT2D eigenvalue weighted by atomic mass is 16.2. The van der Waals surface area contributed by atoms with Gasteiger partial charge in [-0.3, -0.25) is 0 Å². The molecule has 0 atom stereocenters. The molecule has 0 aliphatic carbocycles. The minimum atomic E-state index is 0.321. The number of rotatable bonds is 6. The normalized spacial score (nSPS) is 11.7. The Balaban J connectivity index is 2.33. The Morgan fingerprint density at radius 2 is 1.87 bits per heavy atom. The van der Waals surface area contributed by atoms with E-state index in [1.807, 2.05) is 6.07 Å². The van der Waals surface area contributed by atoms with Crippen molar-refractivity contribution >= 4 is 5.57 Å². The second-order valence-electron chi connectivity index (χ2n) is 3.83. The van der Waals surface area contributed by atoms with E-state index in [0.717, 1.165) is 19.3 Å². The highest BCUT2D eigenvalue weighted by molar-refractivity contribution is 5.63. The van der Waals surface area contributed by atoms with Gasteiger partial charge in [0.2, 0.25) is 0 Å². The van der Waals surface area contributed by atoms with Crippen LogP contribution in [0, 0.1) is 0 Å². The van der Waals surface area contributed by atoms with Gasteiger partial charge in [-0.1, -0.05) is 42.8 Å². The lowest BCUT2D eigenvalue weighted by molar-refractivity contribution is 0.283. The largest absolute Gasteiger partial charge is 0.396 e. The molecule has 1 N–H and O–H groups in total.